The van der Waals surface area contributed by atoms with E-state index in [1.54, 1.807) is 14.2 Å². The summed E-state index contributed by atoms with van der Waals surface area (Å²) in [6, 6.07) is 2.28. The third kappa shape index (κ3) is 4.00. The lowest BCUT2D eigenvalue weighted by Crippen LogP contribution is -2.30. The molecule has 3 rings (SSSR count). The average Bonchev–Trinajstić information content (AvgIpc) is 3.35. The van der Waals surface area contributed by atoms with Crippen molar-refractivity contribution in [3.05, 3.63) is 40.7 Å². The summed E-state index contributed by atoms with van der Waals surface area (Å²) in [7, 11) is 3.40. The number of aromatic nitrogens is 3. The van der Waals surface area contributed by atoms with Crippen LogP contribution in [0.25, 0.3) is 0 Å². The zero-order valence-corrected chi connectivity index (χ0v) is 17.7. The highest BCUT2D eigenvalue weighted by Gasteiger charge is 2.31. The minimum Gasteiger partial charge on any atom is -0.385 e. The van der Waals surface area contributed by atoms with Gasteiger partial charge in [0.05, 0.1) is 11.6 Å². The molecule has 0 aliphatic carbocycles. The topological polar surface area (TPSA) is 61.5 Å². The van der Waals surface area contributed by atoms with Gasteiger partial charge in [0.2, 0.25) is 0 Å². The van der Waals surface area contributed by atoms with Gasteiger partial charge in [0.25, 0.3) is 5.91 Å². The van der Waals surface area contributed by atoms with E-state index in [0.717, 1.165) is 61.0 Å². The summed E-state index contributed by atoms with van der Waals surface area (Å²) in [5, 5.41) is 0. The van der Waals surface area contributed by atoms with Gasteiger partial charge in [-0.1, -0.05) is 0 Å². The number of ether oxygens (including phenoxy) is 2. The Morgan fingerprint density at radius 2 is 2.00 bits per heavy atom. The second-order valence-electron chi connectivity index (χ2n) is 7.60. The lowest BCUT2D eigenvalue weighted by molar-refractivity contribution is 0.0786. The minimum absolute atomic E-state index is 0.125. The summed E-state index contributed by atoms with van der Waals surface area (Å²) in [6.07, 6.45) is 3.76. The number of likely N-dealkylation sites (tertiary alicyclic amines) is 1. The number of imidazole rings is 1. The van der Waals surface area contributed by atoms with Crippen molar-refractivity contribution in [1.82, 2.24) is 19.0 Å². The van der Waals surface area contributed by atoms with Crippen LogP contribution in [0.2, 0.25) is 0 Å². The standard InChI is InChI=1S/C21H32N4O3/c1-15-11-19(17(3)24(15)8-6-10-27-4)21(26)23-9-7-18(13-23)25-16(2)12-22-20(25)14-28-5/h11-12,18H,6-10,13-14H2,1-5H3. The second kappa shape index (κ2) is 8.92. The van der Waals surface area contributed by atoms with Gasteiger partial charge in [-0.15, -0.1) is 0 Å². The van der Waals surface area contributed by atoms with Crippen LogP contribution < -0.4 is 0 Å². The molecule has 7 nitrogen and oxygen atoms in total. The van der Waals surface area contributed by atoms with Crippen LogP contribution in [0.1, 0.15) is 52.1 Å². The van der Waals surface area contributed by atoms with Crippen LogP contribution in [-0.4, -0.2) is 58.8 Å². The highest BCUT2D eigenvalue weighted by Crippen LogP contribution is 2.27. The zero-order chi connectivity index (χ0) is 20.3. The van der Waals surface area contributed by atoms with E-state index in [0.29, 0.717) is 13.2 Å². The number of carbonyl (C=O) groups is 1. The van der Waals surface area contributed by atoms with Crippen LogP contribution in [0.15, 0.2) is 12.3 Å². The van der Waals surface area contributed by atoms with Gasteiger partial charge in [0.1, 0.15) is 12.4 Å². The molecule has 0 saturated carbocycles. The SMILES string of the molecule is COCCCn1c(C)cc(C(=O)N2CCC(n3c(C)cnc3COC)C2)c1C. The predicted molar refractivity (Wildman–Crippen MR) is 108 cm³/mol. The third-order valence-corrected chi connectivity index (χ3v) is 5.68. The largest absolute Gasteiger partial charge is 0.385 e. The van der Waals surface area contributed by atoms with Crippen LogP contribution in [0.4, 0.5) is 0 Å². The molecular formula is C21H32N4O3. The molecule has 0 radical (unpaired) electrons. The first-order chi connectivity index (χ1) is 13.5. The molecule has 0 spiro atoms. The van der Waals surface area contributed by atoms with Crippen LogP contribution >= 0.6 is 0 Å². The Bertz CT molecular complexity index is 824. The van der Waals surface area contributed by atoms with E-state index in [-0.39, 0.29) is 11.9 Å². The zero-order valence-electron chi connectivity index (χ0n) is 17.7. The molecule has 0 aromatic carbocycles. The van der Waals surface area contributed by atoms with E-state index in [1.165, 1.54) is 0 Å². The maximum Gasteiger partial charge on any atom is 0.255 e. The monoisotopic (exact) mass is 388 g/mol. The van der Waals surface area contributed by atoms with Crippen molar-refractivity contribution in [2.24, 2.45) is 0 Å². The summed E-state index contributed by atoms with van der Waals surface area (Å²) in [4.78, 5) is 19.7. The molecule has 2 aromatic rings. The summed E-state index contributed by atoms with van der Waals surface area (Å²) in [6.45, 7) is 9.72. The molecular weight excluding hydrogens is 356 g/mol. The highest BCUT2D eigenvalue weighted by atomic mass is 16.5. The van der Waals surface area contributed by atoms with E-state index in [2.05, 4.69) is 28.0 Å². The second-order valence-corrected chi connectivity index (χ2v) is 7.60. The smallest absolute Gasteiger partial charge is 0.255 e. The van der Waals surface area contributed by atoms with Gasteiger partial charge in [-0.3, -0.25) is 4.79 Å². The molecule has 7 heteroatoms. The first-order valence-electron chi connectivity index (χ1n) is 9.94. The van der Waals surface area contributed by atoms with Gasteiger partial charge in [0, 0.05) is 63.7 Å². The first kappa shape index (κ1) is 20.6. The number of carbonyl (C=O) groups excluding carboxylic acids is 1. The summed E-state index contributed by atoms with van der Waals surface area (Å²) in [5.74, 6) is 1.05. The molecule has 1 aliphatic heterocycles. The lowest BCUT2D eigenvalue weighted by atomic mass is 10.2. The molecule has 1 saturated heterocycles. The van der Waals surface area contributed by atoms with Crippen LogP contribution in [-0.2, 0) is 22.6 Å². The maximum absolute atomic E-state index is 13.2. The van der Waals surface area contributed by atoms with E-state index in [9.17, 15) is 4.79 Å². The van der Waals surface area contributed by atoms with Crippen molar-refractivity contribution in [3.8, 4) is 0 Å². The van der Waals surface area contributed by atoms with Crippen molar-refractivity contribution in [2.45, 2.75) is 52.8 Å². The van der Waals surface area contributed by atoms with Crippen LogP contribution in [0, 0.1) is 20.8 Å². The van der Waals surface area contributed by atoms with Gasteiger partial charge < -0.3 is 23.5 Å². The molecule has 1 unspecified atom stereocenters. The quantitative estimate of drug-likeness (QED) is 0.653. The lowest BCUT2D eigenvalue weighted by Gasteiger charge is -2.20. The number of nitrogens with zero attached hydrogens (tertiary/aromatic N) is 4. The molecule has 1 fully saturated rings. The van der Waals surface area contributed by atoms with Crippen molar-refractivity contribution in [1.29, 1.82) is 0 Å². The molecule has 1 amide bonds. The number of rotatable bonds is 8. The normalized spacial score (nSPS) is 16.9. The summed E-state index contributed by atoms with van der Waals surface area (Å²) >= 11 is 0. The van der Waals surface area contributed by atoms with Crippen molar-refractivity contribution >= 4 is 5.91 Å². The molecule has 2 aromatic heterocycles. The Morgan fingerprint density at radius 1 is 1.21 bits per heavy atom. The van der Waals surface area contributed by atoms with E-state index in [4.69, 9.17) is 9.47 Å². The molecule has 0 bridgehead atoms. The van der Waals surface area contributed by atoms with Gasteiger partial charge in [-0.05, 0) is 39.7 Å². The minimum atomic E-state index is 0.125. The van der Waals surface area contributed by atoms with Crippen LogP contribution in [0.3, 0.4) is 0 Å². The Labute approximate surface area is 167 Å². The Morgan fingerprint density at radius 3 is 2.71 bits per heavy atom. The number of amides is 1. The summed E-state index contributed by atoms with van der Waals surface area (Å²) < 4.78 is 14.9. The van der Waals surface area contributed by atoms with Crippen molar-refractivity contribution in [3.63, 3.8) is 0 Å². The maximum atomic E-state index is 13.2. The number of aryl methyl sites for hydroxylation is 2. The van der Waals surface area contributed by atoms with Crippen LogP contribution in [0.5, 0.6) is 0 Å². The Hall–Kier alpha value is -2.12. The predicted octanol–water partition coefficient (Wildman–Crippen LogP) is 2.88. The van der Waals surface area contributed by atoms with Crippen molar-refractivity contribution in [2.75, 3.05) is 33.9 Å². The molecule has 0 N–H and O–H groups in total. The van der Waals surface area contributed by atoms with E-state index in [1.807, 2.05) is 24.1 Å². The summed E-state index contributed by atoms with van der Waals surface area (Å²) in [5.41, 5.74) is 4.10. The molecule has 1 atom stereocenters. The highest BCUT2D eigenvalue weighted by molar-refractivity contribution is 5.96. The van der Waals surface area contributed by atoms with Gasteiger partial charge in [-0.25, -0.2) is 4.98 Å². The number of methoxy groups -OCH3 is 2. The average molecular weight is 389 g/mol. The molecule has 154 valence electrons. The number of hydrogen-bond acceptors (Lipinski definition) is 4. The van der Waals surface area contributed by atoms with E-state index >= 15 is 0 Å². The van der Waals surface area contributed by atoms with Crippen molar-refractivity contribution < 1.29 is 14.3 Å². The molecule has 1 aliphatic rings. The van der Waals surface area contributed by atoms with Gasteiger partial charge in [-0.2, -0.15) is 0 Å². The molecule has 3 heterocycles. The first-order valence-corrected chi connectivity index (χ1v) is 9.94. The Balaban J connectivity index is 1.73. The third-order valence-electron chi connectivity index (χ3n) is 5.68. The number of hydrogen-bond donors (Lipinski definition) is 0. The fraction of sp³-hybridized carbons (Fsp3) is 0.619. The Kier molecular flexibility index (Phi) is 6.57. The van der Waals surface area contributed by atoms with Gasteiger partial charge >= 0.3 is 0 Å². The van der Waals surface area contributed by atoms with Gasteiger partial charge in [0.15, 0.2) is 0 Å². The van der Waals surface area contributed by atoms with E-state index < -0.39 is 0 Å². The fourth-order valence-corrected chi connectivity index (χ4v) is 4.27. The molecule has 28 heavy (non-hydrogen) atoms. The fourth-order valence-electron chi connectivity index (χ4n) is 4.27.